The molecular weight excluding hydrogens is 310 g/mol. The summed E-state index contributed by atoms with van der Waals surface area (Å²) >= 11 is 0. The van der Waals surface area contributed by atoms with Crippen LogP contribution < -0.4 is 5.32 Å². The number of aromatic nitrogens is 1. The van der Waals surface area contributed by atoms with E-state index in [-0.39, 0.29) is 6.03 Å². The molecule has 0 aliphatic heterocycles. The molecule has 3 rings (SSSR count). The second-order valence-electron chi connectivity index (χ2n) is 6.91. The van der Waals surface area contributed by atoms with Gasteiger partial charge in [-0.25, -0.2) is 4.79 Å². The fourth-order valence-electron chi connectivity index (χ4n) is 2.98. The smallest absolute Gasteiger partial charge is 0.321 e. The Morgan fingerprint density at radius 2 is 1.88 bits per heavy atom. The molecule has 3 aromatic rings. The van der Waals surface area contributed by atoms with Gasteiger partial charge in [-0.3, -0.25) is 0 Å². The molecule has 130 valence electrons. The molecule has 0 aliphatic carbocycles. The van der Waals surface area contributed by atoms with Gasteiger partial charge in [-0.05, 0) is 35.7 Å². The van der Waals surface area contributed by atoms with Crippen LogP contribution in [0.5, 0.6) is 0 Å². The number of benzene rings is 2. The Bertz CT molecular complexity index is 852. The van der Waals surface area contributed by atoms with Crippen LogP contribution in [0.1, 0.15) is 19.4 Å². The van der Waals surface area contributed by atoms with E-state index in [4.69, 9.17) is 0 Å². The first-order chi connectivity index (χ1) is 12.0. The zero-order chi connectivity index (χ0) is 17.8. The minimum atomic E-state index is -0.107. The van der Waals surface area contributed by atoms with Gasteiger partial charge in [-0.2, -0.15) is 0 Å². The maximum absolute atomic E-state index is 12.4. The van der Waals surface area contributed by atoms with E-state index in [0.717, 1.165) is 23.2 Å². The van der Waals surface area contributed by atoms with Gasteiger partial charge >= 0.3 is 6.03 Å². The fraction of sp³-hybridized carbons (Fsp3) is 0.286. The molecule has 25 heavy (non-hydrogen) atoms. The van der Waals surface area contributed by atoms with Crippen LogP contribution in [0.4, 0.5) is 10.5 Å². The molecule has 1 N–H and O–H groups in total. The number of rotatable bonds is 5. The zero-order valence-electron chi connectivity index (χ0n) is 15.1. The zero-order valence-corrected chi connectivity index (χ0v) is 15.1. The summed E-state index contributed by atoms with van der Waals surface area (Å²) in [6, 6.07) is 18.0. The van der Waals surface area contributed by atoms with E-state index in [2.05, 4.69) is 42.1 Å². The van der Waals surface area contributed by atoms with Crippen LogP contribution in [0.2, 0.25) is 0 Å². The highest BCUT2D eigenvalue weighted by Gasteiger charge is 2.10. The number of fused-ring (bicyclic) bond motifs is 1. The second-order valence-corrected chi connectivity index (χ2v) is 6.91. The van der Waals surface area contributed by atoms with Crippen molar-refractivity contribution in [3.05, 3.63) is 66.4 Å². The first kappa shape index (κ1) is 17.1. The number of carbonyl (C=O) groups is 1. The number of amides is 2. The van der Waals surface area contributed by atoms with E-state index in [1.807, 2.05) is 42.5 Å². The van der Waals surface area contributed by atoms with Gasteiger partial charge in [0.25, 0.3) is 0 Å². The number of hydrogen-bond donors (Lipinski definition) is 1. The van der Waals surface area contributed by atoms with E-state index in [9.17, 15) is 4.79 Å². The molecule has 4 heteroatoms. The number of anilines is 1. The van der Waals surface area contributed by atoms with E-state index in [1.165, 1.54) is 5.52 Å². The third kappa shape index (κ3) is 4.21. The van der Waals surface area contributed by atoms with Crippen molar-refractivity contribution < 1.29 is 4.79 Å². The van der Waals surface area contributed by atoms with Crippen LogP contribution >= 0.6 is 0 Å². The van der Waals surface area contributed by atoms with Crippen molar-refractivity contribution in [2.45, 2.75) is 26.9 Å². The summed E-state index contributed by atoms with van der Waals surface area (Å²) in [4.78, 5) is 14.1. The Kier molecular flexibility index (Phi) is 5.08. The van der Waals surface area contributed by atoms with Gasteiger partial charge in [0.1, 0.15) is 0 Å². The minimum absolute atomic E-state index is 0.107. The molecule has 0 radical (unpaired) electrons. The van der Waals surface area contributed by atoms with Crippen molar-refractivity contribution in [2.24, 2.45) is 5.92 Å². The van der Waals surface area contributed by atoms with Crippen LogP contribution in [-0.2, 0) is 13.1 Å². The molecule has 1 aromatic heterocycles. The third-order valence-electron chi connectivity index (χ3n) is 4.19. The van der Waals surface area contributed by atoms with Gasteiger partial charge in [0.15, 0.2) is 0 Å². The monoisotopic (exact) mass is 335 g/mol. The lowest BCUT2D eigenvalue weighted by atomic mass is 10.2. The average molecular weight is 335 g/mol. The molecule has 2 amide bonds. The first-order valence-corrected chi connectivity index (χ1v) is 8.68. The molecule has 0 spiro atoms. The summed E-state index contributed by atoms with van der Waals surface area (Å²) in [5, 5.41) is 4.12. The Labute approximate surface area is 149 Å². The predicted octanol–water partition coefficient (Wildman–Crippen LogP) is 4.96. The SMILES string of the molecule is CC(C)Cn1ccc2cc(NC(=O)N(C)Cc3ccccc3)ccc21. The number of nitrogens with one attached hydrogen (secondary N) is 1. The van der Waals surface area contributed by atoms with Gasteiger partial charge in [-0.15, -0.1) is 0 Å². The maximum atomic E-state index is 12.4. The summed E-state index contributed by atoms with van der Waals surface area (Å²) in [6.07, 6.45) is 2.11. The Balaban J connectivity index is 1.68. The Morgan fingerprint density at radius 3 is 2.60 bits per heavy atom. The second kappa shape index (κ2) is 7.43. The lowest BCUT2D eigenvalue weighted by Crippen LogP contribution is -2.30. The van der Waals surface area contributed by atoms with Gasteiger partial charge in [0.05, 0.1) is 0 Å². The lowest BCUT2D eigenvalue weighted by Gasteiger charge is -2.18. The molecule has 0 bridgehead atoms. The normalized spacial score (nSPS) is 11.0. The summed E-state index contributed by atoms with van der Waals surface area (Å²) < 4.78 is 2.26. The van der Waals surface area contributed by atoms with Crippen molar-refractivity contribution in [2.75, 3.05) is 12.4 Å². The third-order valence-corrected chi connectivity index (χ3v) is 4.19. The van der Waals surface area contributed by atoms with Crippen LogP contribution in [-0.4, -0.2) is 22.5 Å². The molecule has 0 fully saturated rings. The molecule has 4 nitrogen and oxygen atoms in total. The van der Waals surface area contributed by atoms with Gasteiger partial charge < -0.3 is 14.8 Å². The van der Waals surface area contributed by atoms with Crippen LogP contribution in [0.3, 0.4) is 0 Å². The standard InChI is InChI=1S/C21H25N3O/c1-16(2)14-24-12-11-18-13-19(9-10-20(18)24)22-21(25)23(3)15-17-7-5-4-6-8-17/h4-13,16H,14-15H2,1-3H3,(H,22,25). The van der Waals surface area contributed by atoms with Gasteiger partial charge in [-0.1, -0.05) is 44.2 Å². The largest absolute Gasteiger partial charge is 0.347 e. The highest BCUT2D eigenvalue weighted by atomic mass is 16.2. The van der Waals surface area contributed by atoms with Crippen molar-refractivity contribution >= 4 is 22.6 Å². The van der Waals surface area contributed by atoms with Crippen molar-refractivity contribution in [3.8, 4) is 0 Å². The number of urea groups is 1. The maximum Gasteiger partial charge on any atom is 0.321 e. The summed E-state index contributed by atoms with van der Waals surface area (Å²) in [5.41, 5.74) is 3.13. The van der Waals surface area contributed by atoms with Crippen molar-refractivity contribution in [1.29, 1.82) is 0 Å². The van der Waals surface area contributed by atoms with Gasteiger partial charge in [0.2, 0.25) is 0 Å². The Morgan fingerprint density at radius 1 is 1.12 bits per heavy atom. The number of nitrogens with zero attached hydrogens (tertiary/aromatic N) is 2. The molecule has 2 aromatic carbocycles. The molecule has 0 saturated heterocycles. The molecule has 0 saturated carbocycles. The fourth-order valence-corrected chi connectivity index (χ4v) is 2.98. The van der Waals surface area contributed by atoms with Crippen molar-refractivity contribution in [1.82, 2.24) is 9.47 Å². The van der Waals surface area contributed by atoms with E-state index >= 15 is 0 Å². The quantitative estimate of drug-likeness (QED) is 0.703. The van der Waals surface area contributed by atoms with Crippen molar-refractivity contribution in [3.63, 3.8) is 0 Å². The van der Waals surface area contributed by atoms with Gasteiger partial charge in [0, 0.05) is 42.9 Å². The highest BCUT2D eigenvalue weighted by Crippen LogP contribution is 2.22. The Hall–Kier alpha value is -2.75. The molecule has 1 heterocycles. The predicted molar refractivity (Wildman–Crippen MR) is 104 cm³/mol. The number of hydrogen-bond acceptors (Lipinski definition) is 1. The van der Waals surface area contributed by atoms with E-state index < -0.39 is 0 Å². The molecular formula is C21H25N3O. The van der Waals surface area contributed by atoms with E-state index in [0.29, 0.717) is 12.5 Å². The van der Waals surface area contributed by atoms with Crippen LogP contribution in [0.15, 0.2) is 60.8 Å². The highest BCUT2D eigenvalue weighted by molar-refractivity contribution is 5.92. The summed E-state index contributed by atoms with van der Waals surface area (Å²) in [5.74, 6) is 0.599. The van der Waals surface area contributed by atoms with Crippen LogP contribution in [0.25, 0.3) is 10.9 Å². The average Bonchev–Trinajstić information content (AvgIpc) is 2.97. The molecule has 0 atom stereocenters. The first-order valence-electron chi connectivity index (χ1n) is 8.68. The van der Waals surface area contributed by atoms with E-state index in [1.54, 1.807) is 11.9 Å². The molecule has 0 aliphatic rings. The number of carbonyl (C=O) groups excluding carboxylic acids is 1. The summed E-state index contributed by atoms with van der Waals surface area (Å²) in [6.45, 7) is 6.00. The lowest BCUT2D eigenvalue weighted by molar-refractivity contribution is 0.220. The van der Waals surface area contributed by atoms with Crippen LogP contribution in [0, 0.1) is 5.92 Å². The summed E-state index contributed by atoms with van der Waals surface area (Å²) in [7, 11) is 1.81. The molecule has 0 unspecified atom stereocenters. The topological polar surface area (TPSA) is 37.3 Å². The minimum Gasteiger partial charge on any atom is -0.347 e.